The number of anilines is 1. The van der Waals surface area contributed by atoms with Gasteiger partial charge in [0, 0.05) is 7.05 Å². The van der Waals surface area contributed by atoms with Crippen LogP contribution in [0.1, 0.15) is 30.1 Å². The second kappa shape index (κ2) is 10.3. The molecule has 2 N–H and O–H groups in total. The van der Waals surface area contributed by atoms with Gasteiger partial charge in [-0.05, 0) is 67.8 Å². The first-order valence-corrected chi connectivity index (χ1v) is 11.4. The number of carbonyl (C=O) groups is 1. The van der Waals surface area contributed by atoms with E-state index in [1.165, 1.54) is 17.0 Å². The summed E-state index contributed by atoms with van der Waals surface area (Å²) >= 11 is 5.03. The second-order valence-corrected chi connectivity index (χ2v) is 8.74. The Morgan fingerprint density at radius 2 is 2.06 bits per heavy atom. The van der Waals surface area contributed by atoms with Crippen LogP contribution in [0.5, 0.6) is 0 Å². The van der Waals surface area contributed by atoms with E-state index in [9.17, 15) is 14.9 Å². The molecule has 2 aliphatic rings. The molecule has 0 spiro atoms. The van der Waals surface area contributed by atoms with Gasteiger partial charge in [0.15, 0.2) is 5.11 Å². The van der Waals surface area contributed by atoms with Crippen molar-refractivity contribution in [3.05, 3.63) is 57.6 Å². The molecular formula is C22H26FN5O5S. The summed E-state index contributed by atoms with van der Waals surface area (Å²) in [5, 5.41) is 17.0. The molecule has 1 aromatic carbocycles. The van der Waals surface area contributed by atoms with Crippen LogP contribution in [0.4, 0.5) is 20.8 Å². The third-order valence-electron chi connectivity index (χ3n) is 6.12. The summed E-state index contributed by atoms with van der Waals surface area (Å²) in [5.74, 6) is -0.0120. The highest BCUT2D eigenvalue weighted by molar-refractivity contribution is 7.80. The first kappa shape index (κ1) is 23.9. The Morgan fingerprint density at radius 1 is 1.29 bits per heavy atom. The molecule has 0 saturated carbocycles. The Labute approximate surface area is 201 Å². The van der Waals surface area contributed by atoms with Crippen LogP contribution in [0, 0.1) is 15.9 Å². The fourth-order valence-electron chi connectivity index (χ4n) is 4.32. The minimum Gasteiger partial charge on any atom is -0.442 e. The number of nitrogens with zero attached hydrogens (tertiary/aromatic N) is 3. The first-order chi connectivity index (χ1) is 16.3. The van der Waals surface area contributed by atoms with Crippen LogP contribution >= 0.6 is 12.2 Å². The maximum atomic E-state index is 15.0. The van der Waals surface area contributed by atoms with Crippen molar-refractivity contribution in [3.8, 4) is 0 Å². The number of carbonyl (C=O) groups excluding carboxylic acids is 1. The Bertz CT molecular complexity index is 1070. The molecule has 1 unspecified atom stereocenters. The highest BCUT2D eigenvalue weighted by Gasteiger charge is 2.33. The van der Waals surface area contributed by atoms with Gasteiger partial charge in [-0.15, -0.1) is 0 Å². The van der Waals surface area contributed by atoms with Gasteiger partial charge >= 0.3 is 12.0 Å². The van der Waals surface area contributed by atoms with Crippen molar-refractivity contribution in [3.63, 3.8) is 0 Å². The molecule has 1 aromatic heterocycles. The maximum Gasteiger partial charge on any atom is 0.433 e. The van der Waals surface area contributed by atoms with E-state index in [2.05, 4.69) is 15.5 Å². The van der Waals surface area contributed by atoms with Crippen molar-refractivity contribution in [2.45, 2.75) is 31.4 Å². The zero-order valence-electron chi connectivity index (χ0n) is 18.7. The summed E-state index contributed by atoms with van der Waals surface area (Å²) in [7, 11) is 1.70. The van der Waals surface area contributed by atoms with E-state index in [0.717, 1.165) is 25.9 Å². The Kier molecular flexibility index (Phi) is 7.27. The molecule has 3 heterocycles. The van der Waals surface area contributed by atoms with Gasteiger partial charge in [-0.3, -0.25) is 19.9 Å². The van der Waals surface area contributed by atoms with Crippen molar-refractivity contribution in [1.29, 1.82) is 0 Å². The molecule has 0 radical (unpaired) electrons. The highest BCUT2D eigenvalue weighted by Crippen LogP contribution is 2.33. The van der Waals surface area contributed by atoms with Gasteiger partial charge in [0.05, 0.1) is 31.4 Å². The third-order valence-corrected chi connectivity index (χ3v) is 6.47. The largest absolute Gasteiger partial charge is 0.442 e. The number of furan rings is 1. The molecule has 0 aliphatic carbocycles. The fraction of sp³-hybridized carbons (Fsp3) is 0.455. The van der Waals surface area contributed by atoms with Gasteiger partial charge in [0.2, 0.25) is 0 Å². The average molecular weight is 492 g/mol. The lowest BCUT2D eigenvalue weighted by atomic mass is 9.89. The van der Waals surface area contributed by atoms with Crippen molar-refractivity contribution in [2.75, 3.05) is 38.1 Å². The number of nitro groups is 1. The molecule has 4 rings (SSSR count). The Hall–Kier alpha value is -3.25. The lowest BCUT2D eigenvalue weighted by Gasteiger charge is -2.31. The number of piperidine rings is 1. The third kappa shape index (κ3) is 5.45. The average Bonchev–Trinajstić information content (AvgIpc) is 3.44. The number of likely N-dealkylation sites (tertiary alicyclic amines) is 1. The number of nitrogens with one attached hydrogen (secondary N) is 2. The van der Waals surface area contributed by atoms with Crippen LogP contribution in [0.15, 0.2) is 34.7 Å². The fourth-order valence-corrected chi connectivity index (χ4v) is 4.40. The topological polar surface area (TPSA) is 113 Å². The molecule has 1 amide bonds. The molecule has 10 nitrogen and oxygen atoms in total. The van der Waals surface area contributed by atoms with E-state index in [1.54, 1.807) is 25.2 Å². The van der Waals surface area contributed by atoms with Gasteiger partial charge in [-0.2, -0.15) is 0 Å². The number of hydrogen-bond acceptors (Lipinski definition) is 7. The molecule has 2 aromatic rings. The molecule has 0 bridgehead atoms. The van der Waals surface area contributed by atoms with Crippen molar-refractivity contribution >= 4 is 35.0 Å². The molecular weight excluding hydrogens is 465 g/mol. The number of cyclic esters (lactones) is 1. The van der Waals surface area contributed by atoms with E-state index in [-0.39, 0.29) is 23.7 Å². The molecule has 2 aliphatic heterocycles. The minimum absolute atomic E-state index is 0.0567. The van der Waals surface area contributed by atoms with Crippen molar-refractivity contribution in [2.24, 2.45) is 0 Å². The van der Waals surface area contributed by atoms with Crippen LogP contribution in [0.2, 0.25) is 0 Å². The number of benzene rings is 1. The van der Waals surface area contributed by atoms with Crippen LogP contribution in [0.25, 0.3) is 0 Å². The summed E-state index contributed by atoms with van der Waals surface area (Å²) in [5.41, 5.74) is 1.09. The summed E-state index contributed by atoms with van der Waals surface area (Å²) in [6.45, 7) is 2.60. The zero-order chi connectivity index (χ0) is 24.2. The normalized spacial score (nSPS) is 19.2. The monoisotopic (exact) mass is 491 g/mol. The number of thiocarbonyl (C=S) groups is 1. The Balaban J connectivity index is 1.32. The molecule has 1 atom stereocenters. The van der Waals surface area contributed by atoms with E-state index in [1.807, 2.05) is 0 Å². The van der Waals surface area contributed by atoms with Crippen LogP contribution in [-0.4, -0.2) is 60.4 Å². The molecule has 2 saturated heterocycles. The predicted molar refractivity (Wildman–Crippen MR) is 126 cm³/mol. The number of amides is 1. The van der Waals surface area contributed by atoms with Gasteiger partial charge < -0.3 is 19.8 Å². The predicted octanol–water partition coefficient (Wildman–Crippen LogP) is 3.13. The number of hydrogen-bond donors (Lipinski definition) is 2. The molecule has 34 heavy (non-hydrogen) atoms. The van der Waals surface area contributed by atoms with E-state index in [0.29, 0.717) is 41.8 Å². The quantitative estimate of drug-likeness (QED) is 0.343. The number of halogens is 1. The summed E-state index contributed by atoms with van der Waals surface area (Å²) in [6, 6.07) is 7.85. The van der Waals surface area contributed by atoms with Crippen molar-refractivity contribution in [1.82, 2.24) is 15.5 Å². The minimum atomic E-state index is -0.555. The lowest BCUT2D eigenvalue weighted by Crippen LogP contribution is -2.39. The molecule has 182 valence electrons. The zero-order valence-corrected chi connectivity index (χ0v) is 19.5. The second-order valence-electron chi connectivity index (χ2n) is 8.33. The van der Waals surface area contributed by atoms with E-state index >= 15 is 4.39 Å². The maximum absolute atomic E-state index is 15.0. The van der Waals surface area contributed by atoms with Crippen LogP contribution in [0.3, 0.4) is 0 Å². The lowest BCUT2D eigenvalue weighted by molar-refractivity contribution is -0.402. The smallest absolute Gasteiger partial charge is 0.433 e. The molecule has 2 fully saturated rings. The van der Waals surface area contributed by atoms with E-state index in [4.69, 9.17) is 21.4 Å². The standard InChI is InChI=1S/C22H26FN5O5S/c1-24-21(34)25-11-17-13-27(22(29)33-17)15-2-4-18(19(23)10-15)14-6-8-26(9-7-14)12-16-3-5-20(32-16)28(30)31/h2-5,10,14,17H,6-9,11-13H2,1H3,(H2,24,25,34). The summed E-state index contributed by atoms with van der Waals surface area (Å²) in [4.78, 5) is 26.1. The highest BCUT2D eigenvalue weighted by atomic mass is 32.1. The summed E-state index contributed by atoms with van der Waals surface area (Å²) < 4.78 is 25.6. The van der Waals surface area contributed by atoms with E-state index < -0.39 is 11.0 Å². The van der Waals surface area contributed by atoms with Crippen molar-refractivity contribution < 1.29 is 23.3 Å². The number of rotatable bonds is 7. The van der Waals surface area contributed by atoms with Gasteiger partial charge in [0.25, 0.3) is 0 Å². The van der Waals surface area contributed by atoms with Gasteiger partial charge in [-0.1, -0.05) is 6.07 Å². The molecule has 12 heteroatoms. The Morgan fingerprint density at radius 3 is 2.71 bits per heavy atom. The summed E-state index contributed by atoms with van der Waals surface area (Å²) in [6.07, 6.45) is 0.607. The number of ether oxygens (including phenoxy) is 1. The SMILES string of the molecule is CNC(=S)NCC1CN(c2ccc(C3CCN(Cc4ccc([N+](=O)[O-])o4)CC3)c(F)c2)C(=O)O1. The van der Waals surface area contributed by atoms with Crippen LogP contribution < -0.4 is 15.5 Å². The first-order valence-electron chi connectivity index (χ1n) is 11.0. The van der Waals surface area contributed by atoms with Gasteiger partial charge in [0.1, 0.15) is 22.6 Å². The van der Waals surface area contributed by atoms with Crippen LogP contribution in [-0.2, 0) is 11.3 Å². The van der Waals surface area contributed by atoms with Gasteiger partial charge in [-0.25, -0.2) is 9.18 Å².